The minimum Gasteiger partial charge on any atom is -0.380 e. The summed E-state index contributed by atoms with van der Waals surface area (Å²) in [5, 5.41) is 13.4. The predicted molar refractivity (Wildman–Crippen MR) is 185 cm³/mol. The summed E-state index contributed by atoms with van der Waals surface area (Å²) in [7, 11) is -1.77. The van der Waals surface area contributed by atoms with Crippen LogP contribution in [0.1, 0.15) is 49.9 Å². The molecule has 1 aliphatic rings. The van der Waals surface area contributed by atoms with Crippen molar-refractivity contribution in [3.8, 4) is 11.5 Å². The first-order chi connectivity index (χ1) is 20.5. The number of hydrogen-bond donors (Lipinski definition) is 1. The van der Waals surface area contributed by atoms with Crippen LogP contribution >= 0.6 is 0 Å². The molecule has 0 heterocycles. The molecule has 1 fully saturated rings. The Balaban J connectivity index is 1.97. The third-order valence-corrected chi connectivity index (χ3v) is 9.60. The van der Waals surface area contributed by atoms with Gasteiger partial charge in [-0.15, -0.1) is 11.5 Å². The van der Waals surface area contributed by atoms with E-state index in [-0.39, 0.29) is 11.8 Å². The molecular formula is C41H44OSi. The van der Waals surface area contributed by atoms with Crippen molar-refractivity contribution in [3.63, 3.8) is 0 Å². The third-order valence-electron chi connectivity index (χ3n) is 8.71. The zero-order valence-corrected chi connectivity index (χ0v) is 27.6. The molecule has 218 valence electrons. The highest BCUT2D eigenvalue weighted by Gasteiger charge is 2.59. The van der Waals surface area contributed by atoms with Gasteiger partial charge in [0.1, 0.15) is 13.7 Å². The van der Waals surface area contributed by atoms with Crippen molar-refractivity contribution in [2.45, 2.75) is 52.9 Å². The Kier molecular flexibility index (Phi) is 8.53. The van der Waals surface area contributed by atoms with Crippen LogP contribution in [-0.2, 0) is 5.60 Å². The molecule has 2 heteroatoms. The summed E-state index contributed by atoms with van der Waals surface area (Å²) in [5.41, 5.74) is 11.2. The van der Waals surface area contributed by atoms with Gasteiger partial charge in [0.15, 0.2) is 0 Å². The van der Waals surface area contributed by atoms with Gasteiger partial charge in [0.05, 0.1) is 5.92 Å². The zero-order valence-electron chi connectivity index (χ0n) is 26.6. The summed E-state index contributed by atoms with van der Waals surface area (Å²) in [6.07, 6.45) is 0. The van der Waals surface area contributed by atoms with E-state index in [1.807, 2.05) is 36.4 Å². The third kappa shape index (κ3) is 5.85. The highest BCUT2D eigenvalue weighted by Crippen LogP contribution is 2.63. The molecule has 1 saturated carbocycles. The second-order valence-electron chi connectivity index (χ2n) is 13.6. The van der Waals surface area contributed by atoms with Crippen LogP contribution in [0, 0.1) is 28.7 Å². The lowest BCUT2D eigenvalue weighted by Crippen LogP contribution is -2.45. The topological polar surface area (TPSA) is 20.2 Å². The molecule has 0 aromatic heterocycles. The molecule has 0 bridgehead atoms. The molecule has 43 heavy (non-hydrogen) atoms. The van der Waals surface area contributed by atoms with E-state index in [4.69, 9.17) is 0 Å². The minimum atomic E-state index is -1.77. The Morgan fingerprint density at radius 2 is 1.07 bits per heavy atom. The smallest absolute Gasteiger partial charge is 0.129 e. The maximum absolute atomic E-state index is 13.4. The second kappa shape index (κ2) is 12.0. The summed E-state index contributed by atoms with van der Waals surface area (Å²) in [6, 6.07) is 41.9. The summed E-state index contributed by atoms with van der Waals surface area (Å²) in [4.78, 5) is 0. The highest BCUT2D eigenvalue weighted by atomic mass is 28.3. The number of hydrogen-bond acceptors (Lipinski definition) is 1. The van der Waals surface area contributed by atoms with Crippen LogP contribution < -0.4 is 0 Å². The summed E-state index contributed by atoms with van der Waals surface area (Å²) >= 11 is 0. The minimum absolute atomic E-state index is 0.215. The Labute approximate surface area is 260 Å². The fourth-order valence-corrected chi connectivity index (χ4v) is 7.83. The maximum Gasteiger partial charge on any atom is 0.129 e. The van der Waals surface area contributed by atoms with Crippen LogP contribution in [0.15, 0.2) is 138 Å². The van der Waals surface area contributed by atoms with E-state index in [2.05, 4.69) is 144 Å². The van der Waals surface area contributed by atoms with Gasteiger partial charge >= 0.3 is 0 Å². The molecule has 1 aliphatic carbocycles. The average Bonchev–Trinajstić information content (AvgIpc) is 3.24. The monoisotopic (exact) mass is 580 g/mol. The molecule has 1 nitrogen and oxygen atoms in total. The average molecular weight is 581 g/mol. The Morgan fingerprint density at radius 1 is 0.674 bits per heavy atom. The van der Waals surface area contributed by atoms with Crippen molar-refractivity contribution in [3.05, 3.63) is 160 Å². The Hall–Kier alpha value is -3.90. The molecule has 0 aliphatic heterocycles. The first kappa shape index (κ1) is 30.6. The Morgan fingerprint density at radius 3 is 1.44 bits per heavy atom. The molecule has 0 saturated heterocycles. The highest BCUT2D eigenvalue weighted by molar-refractivity contribution is 6.83. The maximum atomic E-state index is 13.4. The number of allylic oxidation sites excluding steroid dienone is 3. The van der Waals surface area contributed by atoms with Crippen LogP contribution in [-0.4, -0.2) is 13.2 Å². The number of aliphatic hydroxyl groups is 1. The van der Waals surface area contributed by atoms with E-state index < -0.39 is 19.1 Å². The van der Waals surface area contributed by atoms with Gasteiger partial charge in [0, 0.05) is 5.92 Å². The quantitative estimate of drug-likeness (QED) is 0.184. The SMILES string of the molecule is CC(C)=C1C(=C(c2ccccc2)c2ccccc2)[C@@H](C#C[Si](C)(C)C)[C@H](C(O)(c2ccccc2)c2ccccc2)C1(C)C. The van der Waals surface area contributed by atoms with Gasteiger partial charge in [-0.25, -0.2) is 0 Å². The zero-order chi connectivity index (χ0) is 30.8. The lowest BCUT2D eigenvalue weighted by atomic mass is 9.62. The van der Waals surface area contributed by atoms with Gasteiger partial charge < -0.3 is 5.11 Å². The molecule has 1 N–H and O–H groups in total. The van der Waals surface area contributed by atoms with E-state index in [1.165, 1.54) is 33.4 Å². The van der Waals surface area contributed by atoms with Crippen LogP contribution in [0.4, 0.5) is 0 Å². The lowest BCUT2D eigenvalue weighted by Gasteiger charge is -2.44. The predicted octanol–water partition coefficient (Wildman–Crippen LogP) is 9.91. The molecule has 4 aromatic carbocycles. The normalized spacial score (nSPS) is 18.1. The molecule has 2 atom stereocenters. The molecule has 0 spiro atoms. The molecule has 5 rings (SSSR count). The van der Waals surface area contributed by atoms with Gasteiger partial charge in [-0.3, -0.25) is 0 Å². The first-order valence-corrected chi connectivity index (χ1v) is 18.9. The molecule has 0 radical (unpaired) electrons. The standard InChI is InChI=1S/C41H44OSi/c1-30(2)38-37(36(31-20-12-8-13-21-31)32-22-14-9-15-23-32)35(28-29-43(5,6)7)39(40(38,3)4)41(42,33-24-16-10-17-25-33)34-26-18-11-19-27-34/h8-27,35,39,42H,1-7H3/t35-,39+/m1/s1. The fraction of sp³-hybridized carbons (Fsp3) is 0.268. The molecule has 0 unspecified atom stereocenters. The van der Waals surface area contributed by atoms with Crippen molar-refractivity contribution in [1.82, 2.24) is 0 Å². The van der Waals surface area contributed by atoms with Gasteiger partial charge in [0.25, 0.3) is 0 Å². The van der Waals surface area contributed by atoms with E-state index in [1.54, 1.807) is 0 Å². The van der Waals surface area contributed by atoms with E-state index in [9.17, 15) is 5.11 Å². The second-order valence-corrected chi connectivity index (χ2v) is 18.3. The van der Waals surface area contributed by atoms with E-state index >= 15 is 0 Å². The summed E-state index contributed by atoms with van der Waals surface area (Å²) < 4.78 is 0. The fourth-order valence-electron chi connectivity index (χ4n) is 7.25. The van der Waals surface area contributed by atoms with Gasteiger partial charge in [-0.1, -0.05) is 160 Å². The van der Waals surface area contributed by atoms with E-state index in [0.29, 0.717) is 0 Å². The molecule has 4 aromatic rings. The first-order valence-electron chi connectivity index (χ1n) is 15.4. The van der Waals surface area contributed by atoms with Gasteiger partial charge in [0.2, 0.25) is 0 Å². The van der Waals surface area contributed by atoms with E-state index in [0.717, 1.165) is 11.1 Å². The largest absolute Gasteiger partial charge is 0.380 e. The summed E-state index contributed by atoms with van der Waals surface area (Å²) in [6.45, 7) is 16.0. The lowest BCUT2D eigenvalue weighted by molar-refractivity contribution is -0.0288. The Bertz CT molecular complexity index is 1590. The number of rotatable bonds is 5. The van der Waals surface area contributed by atoms with Crippen LogP contribution in [0.2, 0.25) is 19.6 Å². The van der Waals surface area contributed by atoms with Crippen molar-refractivity contribution < 1.29 is 5.11 Å². The van der Waals surface area contributed by atoms with Crippen molar-refractivity contribution in [1.29, 1.82) is 0 Å². The van der Waals surface area contributed by atoms with Crippen LogP contribution in [0.25, 0.3) is 5.57 Å². The van der Waals surface area contributed by atoms with Gasteiger partial charge in [-0.05, 0) is 58.2 Å². The van der Waals surface area contributed by atoms with Crippen LogP contribution in [0.5, 0.6) is 0 Å². The van der Waals surface area contributed by atoms with Gasteiger partial charge in [-0.2, -0.15) is 0 Å². The number of benzene rings is 4. The molecule has 0 amide bonds. The van der Waals surface area contributed by atoms with Crippen LogP contribution in [0.3, 0.4) is 0 Å². The van der Waals surface area contributed by atoms with Crippen molar-refractivity contribution in [2.24, 2.45) is 17.3 Å². The van der Waals surface area contributed by atoms with Crippen molar-refractivity contribution >= 4 is 13.6 Å². The summed E-state index contributed by atoms with van der Waals surface area (Å²) in [5.74, 6) is 3.42. The van der Waals surface area contributed by atoms with Crippen molar-refractivity contribution in [2.75, 3.05) is 0 Å². The molecular weight excluding hydrogens is 537 g/mol.